The SMILES string of the molecule is CCCOc1cc(Nc2nc(N3CCNCC3)nc3c2nc(C)n3C(C)C)ccc1-c1ccccc1. The van der Waals surface area contributed by atoms with Crippen LogP contribution in [0.1, 0.15) is 39.1 Å². The van der Waals surface area contributed by atoms with Crippen molar-refractivity contribution in [2.75, 3.05) is 43.0 Å². The number of aryl methyl sites for hydroxylation is 1. The Morgan fingerprint density at radius 2 is 1.81 bits per heavy atom. The summed E-state index contributed by atoms with van der Waals surface area (Å²) >= 11 is 0. The van der Waals surface area contributed by atoms with Gasteiger partial charge in [-0.2, -0.15) is 9.97 Å². The molecule has 1 aliphatic rings. The molecule has 0 unspecified atom stereocenters. The molecule has 0 atom stereocenters. The quantitative estimate of drug-likeness (QED) is 0.349. The van der Waals surface area contributed by atoms with E-state index in [1.807, 2.05) is 25.1 Å². The fraction of sp³-hybridized carbons (Fsp3) is 0.393. The van der Waals surface area contributed by atoms with E-state index in [-0.39, 0.29) is 6.04 Å². The van der Waals surface area contributed by atoms with Crippen LogP contribution in [-0.2, 0) is 0 Å². The fourth-order valence-corrected chi connectivity index (χ4v) is 4.71. The van der Waals surface area contributed by atoms with Crippen molar-refractivity contribution in [1.29, 1.82) is 0 Å². The van der Waals surface area contributed by atoms with Gasteiger partial charge in [0.05, 0.1) is 6.61 Å². The van der Waals surface area contributed by atoms with Crippen LogP contribution in [0.3, 0.4) is 0 Å². The van der Waals surface area contributed by atoms with Crippen molar-refractivity contribution >= 4 is 28.6 Å². The van der Waals surface area contributed by atoms with Gasteiger partial charge in [-0.25, -0.2) is 4.98 Å². The van der Waals surface area contributed by atoms with Crippen molar-refractivity contribution in [1.82, 2.24) is 24.8 Å². The van der Waals surface area contributed by atoms with Gasteiger partial charge in [0, 0.05) is 49.5 Å². The first-order valence-electron chi connectivity index (χ1n) is 12.9. The van der Waals surface area contributed by atoms with Crippen LogP contribution < -0.4 is 20.3 Å². The summed E-state index contributed by atoms with van der Waals surface area (Å²) in [6.07, 6.45) is 0.943. The topological polar surface area (TPSA) is 80.1 Å². The Hall–Kier alpha value is -3.65. The lowest BCUT2D eigenvalue weighted by atomic mass is 10.0. The number of hydrogen-bond donors (Lipinski definition) is 2. The molecule has 8 nitrogen and oxygen atoms in total. The molecule has 36 heavy (non-hydrogen) atoms. The maximum Gasteiger partial charge on any atom is 0.229 e. The van der Waals surface area contributed by atoms with Crippen LogP contribution in [0, 0.1) is 6.92 Å². The lowest BCUT2D eigenvalue weighted by molar-refractivity contribution is 0.319. The first-order chi connectivity index (χ1) is 17.5. The van der Waals surface area contributed by atoms with Crippen molar-refractivity contribution in [3.05, 3.63) is 54.4 Å². The van der Waals surface area contributed by atoms with Crippen LogP contribution in [0.25, 0.3) is 22.3 Å². The van der Waals surface area contributed by atoms with Gasteiger partial charge in [-0.1, -0.05) is 37.3 Å². The minimum absolute atomic E-state index is 0.243. The number of nitrogens with zero attached hydrogens (tertiary/aromatic N) is 5. The van der Waals surface area contributed by atoms with Gasteiger partial charge in [-0.3, -0.25) is 0 Å². The molecule has 188 valence electrons. The number of benzene rings is 2. The van der Waals surface area contributed by atoms with Crippen molar-refractivity contribution in [2.45, 2.75) is 40.2 Å². The predicted molar refractivity (Wildman–Crippen MR) is 146 cm³/mol. The smallest absolute Gasteiger partial charge is 0.229 e. The first-order valence-corrected chi connectivity index (χ1v) is 12.9. The van der Waals surface area contributed by atoms with E-state index < -0.39 is 0 Å². The van der Waals surface area contributed by atoms with E-state index in [1.54, 1.807) is 0 Å². The number of fused-ring (bicyclic) bond motifs is 1. The number of ether oxygens (including phenoxy) is 1. The fourth-order valence-electron chi connectivity index (χ4n) is 4.71. The lowest BCUT2D eigenvalue weighted by Crippen LogP contribution is -2.44. The third-order valence-electron chi connectivity index (χ3n) is 6.41. The van der Waals surface area contributed by atoms with Gasteiger partial charge in [0.1, 0.15) is 11.6 Å². The lowest BCUT2D eigenvalue weighted by Gasteiger charge is -2.27. The third kappa shape index (κ3) is 4.86. The van der Waals surface area contributed by atoms with Crippen LogP contribution in [0.15, 0.2) is 48.5 Å². The van der Waals surface area contributed by atoms with E-state index in [1.165, 1.54) is 0 Å². The summed E-state index contributed by atoms with van der Waals surface area (Å²) in [5.41, 5.74) is 4.75. The molecule has 2 N–H and O–H groups in total. The van der Waals surface area contributed by atoms with Gasteiger partial charge in [-0.15, -0.1) is 0 Å². The number of anilines is 3. The number of rotatable bonds is 8. The van der Waals surface area contributed by atoms with Gasteiger partial charge < -0.3 is 24.8 Å². The molecule has 0 bridgehead atoms. The Balaban J connectivity index is 1.58. The van der Waals surface area contributed by atoms with E-state index in [4.69, 9.17) is 19.7 Å². The summed E-state index contributed by atoms with van der Waals surface area (Å²) in [7, 11) is 0. The van der Waals surface area contributed by atoms with E-state index in [0.29, 0.717) is 12.4 Å². The summed E-state index contributed by atoms with van der Waals surface area (Å²) < 4.78 is 8.36. The van der Waals surface area contributed by atoms with E-state index in [0.717, 1.165) is 78.1 Å². The molecule has 3 heterocycles. The number of hydrogen-bond acceptors (Lipinski definition) is 7. The Bertz CT molecular complexity index is 1330. The molecule has 2 aromatic carbocycles. The van der Waals surface area contributed by atoms with Gasteiger partial charge in [0.2, 0.25) is 5.95 Å². The van der Waals surface area contributed by atoms with Crippen molar-refractivity contribution in [3.63, 3.8) is 0 Å². The first kappa shape index (κ1) is 24.1. The average molecular weight is 486 g/mol. The Kier molecular flexibility index (Phi) is 7.04. The highest BCUT2D eigenvalue weighted by Crippen LogP contribution is 2.35. The van der Waals surface area contributed by atoms with Crippen molar-refractivity contribution < 1.29 is 4.74 Å². The highest BCUT2D eigenvalue weighted by Gasteiger charge is 2.22. The zero-order valence-corrected chi connectivity index (χ0v) is 21.6. The molecule has 1 fully saturated rings. The minimum atomic E-state index is 0.243. The van der Waals surface area contributed by atoms with Crippen molar-refractivity contribution in [2.24, 2.45) is 0 Å². The average Bonchev–Trinajstić information content (AvgIpc) is 3.25. The minimum Gasteiger partial charge on any atom is -0.493 e. The standard InChI is InChI=1S/C28H35N7O/c1-5-17-36-24-18-22(11-12-23(24)21-9-7-6-8-10-21)31-26-25-27(35(19(2)3)20(4)30-25)33-28(32-26)34-15-13-29-14-16-34/h6-12,18-19,29H,5,13-17H2,1-4H3,(H,31,32,33). The van der Waals surface area contributed by atoms with E-state index in [2.05, 4.69) is 71.2 Å². The summed E-state index contributed by atoms with van der Waals surface area (Å²) in [5, 5.41) is 6.96. The molecule has 1 aliphatic heterocycles. The zero-order valence-electron chi connectivity index (χ0n) is 21.6. The van der Waals surface area contributed by atoms with Crippen LogP contribution in [0.2, 0.25) is 0 Å². The Morgan fingerprint density at radius 3 is 2.53 bits per heavy atom. The van der Waals surface area contributed by atoms with E-state index >= 15 is 0 Å². The van der Waals surface area contributed by atoms with Gasteiger partial charge in [0.25, 0.3) is 0 Å². The molecule has 0 aliphatic carbocycles. The number of piperazine rings is 1. The molecule has 5 rings (SSSR count). The van der Waals surface area contributed by atoms with Crippen molar-refractivity contribution in [3.8, 4) is 16.9 Å². The highest BCUT2D eigenvalue weighted by atomic mass is 16.5. The van der Waals surface area contributed by atoms with Crippen LogP contribution in [-0.4, -0.2) is 52.3 Å². The molecule has 0 radical (unpaired) electrons. The third-order valence-corrected chi connectivity index (χ3v) is 6.41. The largest absolute Gasteiger partial charge is 0.493 e. The number of imidazole rings is 1. The van der Waals surface area contributed by atoms with Gasteiger partial charge in [0.15, 0.2) is 17.0 Å². The molecular weight excluding hydrogens is 450 g/mol. The second-order valence-corrected chi connectivity index (χ2v) is 9.45. The molecule has 1 saturated heterocycles. The zero-order chi connectivity index (χ0) is 25.1. The maximum absolute atomic E-state index is 6.17. The molecule has 4 aromatic rings. The number of nitrogens with one attached hydrogen (secondary N) is 2. The number of aromatic nitrogens is 4. The van der Waals surface area contributed by atoms with E-state index in [9.17, 15) is 0 Å². The van der Waals surface area contributed by atoms with Crippen LogP contribution in [0.5, 0.6) is 5.75 Å². The molecule has 2 aromatic heterocycles. The summed E-state index contributed by atoms with van der Waals surface area (Å²) in [4.78, 5) is 17.0. The second kappa shape index (κ2) is 10.5. The monoisotopic (exact) mass is 485 g/mol. The predicted octanol–water partition coefficient (Wildman–Crippen LogP) is 5.32. The molecule has 0 saturated carbocycles. The second-order valence-electron chi connectivity index (χ2n) is 9.45. The molecular formula is C28H35N7O. The molecule has 8 heteroatoms. The van der Waals surface area contributed by atoms with Gasteiger partial charge >= 0.3 is 0 Å². The van der Waals surface area contributed by atoms with Gasteiger partial charge in [-0.05, 0) is 44.9 Å². The summed E-state index contributed by atoms with van der Waals surface area (Å²) in [6, 6.07) is 16.8. The van der Waals surface area contributed by atoms with Crippen LogP contribution in [0.4, 0.5) is 17.5 Å². The highest BCUT2D eigenvalue weighted by molar-refractivity contribution is 5.88. The Morgan fingerprint density at radius 1 is 1.03 bits per heavy atom. The molecule has 0 amide bonds. The summed E-state index contributed by atoms with van der Waals surface area (Å²) in [5.74, 6) is 3.23. The molecule has 0 spiro atoms. The summed E-state index contributed by atoms with van der Waals surface area (Å²) in [6.45, 7) is 12.7. The normalized spacial score (nSPS) is 14.0. The maximum atomic E-state index is 6.17. The van der Waals surface area contributed by atoms with Crippen LogP contribution >= 0.6 is 0 Å². The Labute approximate surface area is 212 Å².